The summed E-state index contributed by atoms with van der Waals surface area (Å²) in [6, 6.07) is 15.1. The summed E-state index contributed by atoms with van der Waals surface area (Å²) in [6.07, 6.45) is 0.961. The van der Waals surface area contributed by atoms with Crippen LogP contribution in [0.5, 0.6) is 0 Å². The highest BCUT2D eigenvalue weighted by Gasteiger charge is 2.30. The molecule has 104 valence electrons. The standard InChI is InChI=1S/C17H14N2S2/c1-2-4-15(5-3-1)19-17(14-7-9-21-12-14)10-16(18-19)13-6-8-20-11-13/h1-9,11-12,17H,10H2. The van der Waals surface area contributed by atoms with E-state index in [0.29, 0.717) is 6.04 Å². The average Bonchev–Trinajstić information content (AvgIpc) is 3.27. The van der Waals surface area contributed by atoms with Crippen molar-refractivity contribution in [3.63, 3.8) is 0 Å². The molecule has 3 heterocycles. The molecule has 0 aliphatic carbocycles. The number of benzene rings is 1. The van der Waals surface area contributed by atoms with E-state index in [2.05, 4.69) is 62.9 Å². The zero-order valence-corrected chi connectivity index (χ0v) is 13.0. The van der Waals surface area contributed by atoms with Crippen LogP contribution in [0, 0.1) is 0 Å². The van der Waals surface area contributed by atoms with Crippen LogP contribution < -0.4 is 5.01 Å². The summed E-state index contributed by atoms with van der Waals surface area (Å²) in [7, 11) is 0. The first kappa shape index (κ1) is 12.8. The number of rotatable bonds is 3. The second-order valence-corrected chi connectivity index (χ2v) is 6.58. The van der Waals surface area contributed by atoms with Gasteiger partial charge in [0.1, 0.15) is 0 Å². The van der Waals surface area contributed by atoms with Gasteiger partial charge in [0.25, 0.3) is 0 Å². The summed E-state index contributed by atoms with van der Waals surface area (Å²) >= 11 is 3.47. The number of hydrogen-bond acceptors (Lipinski definition) is 4. The van der Waals surface area contributed by atoms with E-state index in [1.807, 2.05) is 6.07 Å². The first-order valence-electron chi connectivity index (χ1n) is 6.88. The Morgan fingerprint density at radius 3 is 2.48 bits per heavy atom. The smallest absolute Gasteiger partial charge is 0.0839 e. The lowest BCUT2D eigenvalue weighted by molar-refractivity contribution is 0.712. The van der Waals surface area contributed by atoms with Crippen molar-refractivity contribution in [2.24, 2.45) is 5.10 Å². The number of thiophene rings is 2. The highest BCUT2D eigenvalue weighted by molar-refractivity contribution is 7.08. The van der Waals surface area contributed by atoms with Crippen molar-refractivity contribution < 1.29 is 0 Å². The molecule has 4 heteroatoms. The highest BCUT2D eigenvalue weighted by atomic mass is 32.1. The molecule has 1 aliphatic heterocycles. The highest BCUT2D eigenvalue weighted by Crippen LogP contribution is 2.37. The van der Waals surface area contributed by atoms with Crippen molar-refractivity contribution in [3.05, 3.63) is 75.1 Å². The van der Waals surface area contributed by atoms with E-state index in [-0.39, 0.29) is 0 Å². The number of para-hydroxylation sites is 1. The zero-order valence-electron chi connectivity index (χ0n) is 11.3. The lowest BCUT2D eigenvalue weighted by atomic mass is 10.0. The van der Waals surface area contributed by atoms with Crippen molar-refractivity contribution in [1.82, 2.24) is 0 Å². The maximum atomic E-state index is 4.90. The molecule has 0 fully saturated rings. The Hall–Kier alpha value is -1.91. The summed E-state index contributed by atoms with van der Waals surface area (Å²) in [5.74, 6) is 0. The van der Waals surface area contributed by atoms with Gasteiger partial charge in [-0.25, -0.2) is 0 Å². The fourth-order valence-corrected chi connectivity index (χ4v) is 4.03. The normalized spacial score (nSPS) is 18.0. The van der Waals surface area contributed by atoms with Gasteiger partial charge in [0.15, 0.2) is 0 Å². The molecular formula is C17H14N2S2. The van der Waals surface area contributed by atoms with Crippen LogP contribution in [0.15, 0.2) is 69.1 Å². The molecule has 1 unspecified atom stereocenters. The Kier molecular flexibility index (Phi) is 3.33. The van der Waals surface area contributed by atoms with Crippen molar-refractivity contribution in [3.8, 4) is 0 Å². The number of hydrazone groups is 1. The van der Waals surface area contributed by atoms with Crippen LogP contribution in [0.25, 0.3) is 0 Å². The molecule has 0 saturated heterocycles. The van der Waals surface area contributed by atoms with E-state index in [4.69, 9.17) is 5.10 Å². The van der Waals surface area contributed by atoms with Gasteiger partial charge >= 0.3 is 0 Å². The van der Waals surface area contributed by atoms with Crippen molar-refractivity contribution >= 4 is 34.1 Å². The Labute approximate surface area is 132 Å². The van der Waals surface area contributed by atoms with E-state index in [9.17, 15) is 0 Å². The molecule has 2 nitrogen and oxygen atoms in total. The van der Waals surface area contributed by atoms with Crippen molar-refractivity contribution in [1.29, 1.82) is 0 Å². The zero-order chi connectivity index (χ0) is 14.1. The van der Waals surface area contributed by atoms with Crippen molar-refractivity contribution in [2.45, 2.75) is 12.5 Å². The number of nitrogens with zero attached hydrogens (tertiary/aromatic N) is 2. The first-order valence-corrected chi connectivity index (χ1v) is 8.77. The van der Waals surface area contributed by atoms with E-state index in [0.717, 1.165) is 12.1 Å². The van der Waals surface area contributed by atoms with Crippen LogP contribution in [0.3, 0.4) is 0 Å². The van der Waals surface area contributed by atoms with Gasteiger partial charge in [0.05, 0.1) is 17.4 Å². The average molecular weight is 310 g/mol. The lowest BCUT2D eigenvalue weighted by Gasteiger charge is -2.22. The maximum absolute atomic E-state index is 4.90. The Morgan fingerprint density at radius 1 is 0.952 bits per heavy atom. The van der Waals surface area contributed by atoms with Gasteiger partial charge in [-0.1, -0.05) is 18.2 Å². The van der Waals surface area contributed by atoms with Crippen LogP contribution >= 0.6 is 22.7 Å². The fourth-order valence-electron chi connectivity index (χ4n) is 2.66. The van der Waals surface area contributed by atoms with Crippen LogP contribution in [0.2, 0.25) is 0 Å². The molecule has 2 aromatic heterocycles. The molecule has 1 aromatic carbocycles. The maximum Gasteiger partial charge on any atom is 0.0839 e. The topological polar surface area (TPSA) is 15.6 Å². The van der Waals surface area contributed by atoms with Gasteiger partial charge in [-0.2, -0.15) is 27.8 Å². The van der Waals surface area contributed by atoms with Crippen LogP contribution in [0.4, 0.5) is 5.69 Å². The minimum atomic E-state index is 0.300. The largest absolute Gasteiger partial charge is 0.257 e. The quantitative estimate of drug-likeness (QED) is 0.652. The van der Waals surface area contributed by atoms with Gasteiger partial charge in [-0.05, 0) is 51.3 Å². The molecule has 1 aliphatic rings. The summed E-state index contributed by atoms with van der Waals surface area (Å²) in [5.41, 5.74) is 4.92. The molecule has 4 rings (SSSR count). The lowest BCUT2D eigenvalue weighted by Crippen LogP contribution is -2.17. The summed E-state index contributed by atoms with van der Waals surface area (Å²) < 4.78 is 0. The van der Waals surface area contributed by atoms with E-state index in [1.165, 1.54) is 16.8 Å². The molecule has 0 radical (unpaired) electrons. The van der Waals surface area contributed by atoms with Gasteiger partial charge in [0.2, 0.25) is 0 Å². The molecule has 0 amide bonds. The third-order valence-electron chi connectivity index (χ3n) is 3.71. The first-order chi connectivity index (χ1) is 10.4. The molecule has 1 atom stereocenters. The Bertz CT molecular complexity index is 730. The molecule has 3 aromatic rings. The van der Waals surface area contributed by atoms with E-state index < -0.39 is 0 Å². The molecule has 0 saturated carbocycles. The Morgan fingerprint density at radius 2 is 1.76 bits per heavy atom. The minimum Gasteiger partial charge on any atom is -0.257 e. The van der Waals surface area contributed by atoms with Crippen LogP contribution in [-0.4, -0.2) is 5.71 Å². The molecule has 21 heavy (non-hydrogen) atoms. The van der Waals surface area contributed by atoms with Crippen molar-refractivity contribution in [2.75, 3.05) is 5.01 Å². The molecular weight excluding hydrogens is 296 g/mol. The number of hydrogen-bond donors (Lipinski definition) is 0. The summed E-state index contributed by atoms with van der Waals surface area (Å²) in [5, 5.41) is 15.7. The summed E-state index contributed by atoms with van der Waals surface area (Å²) in [4.78, 5) is 0. The predicted octanol–water partition coefficient (Wildman–Crippen LogP) is 5.17. The number of anilines is 1. The second kappa shape index (κ2) is 5.47. The SMILES string of the molecule is c1ccc(N2N=C(c3ccsc3)CC2c2ccsc2)cc1. The molecule has 0 bridgehead atoms. The van der Waals surface area contributed by atoms with Gasteiger partial charge < -0.3 is 0 Å². The third-order valence-corrected chi connectivity index (χ3v) is 5.10. The summed E-state index contributed by atoms with van der Waals surface area (Å²) in [6.45, 7) is 0. The minimum absolute atomic E-state index is 0.300. The molecule has 0 N–H and O–H groups in total. The Balaban J connectivity index is 1.75. The van der Waals surface area contributed by atoms with Gasteiger partial charge in [0, 0.05) is 12.0 Å². The predicted molar refractivity (Wildman–Crippen MR) is 91.5 cm³/mol. The van der Waals surface area contributed by atoms with E-state index in [1.54, 1.807) is 22.7 Å². The third kappa shape index (κ3) is 2.41. The van der Waals surface area contributed by atoms with Gasteiger partial charge in [-0.15, -0.1) is 0 Å². The monoisotopic (exact) mass is 310 g/mol. The fraction of sp³-hybridized carbons (Fsp3) is 0.118. The van der Waals surface area contributed by atoms with Crippen LogP contribution in [-0.2, 0) is 0 Å². The van der Waals surface area contributed by atoms with Crippen LogP contribution in [0.1, 0.15) is 23.6 Å². The van der Waals surface area contributed by atoms with E-state index >= 15 is 0 Å². The van der Waals surface area contributed by atoms with Gasteiger partial charge in [-0.3, -0.25) is 5.01 Å². The molecule has 0 spiro atoms. The second-order valence-electron chi connectivity index (χ2n) is 5.02.